The second-order valence-electron chi connectivity index (χ2n) is 2.63. The summed E-state index contributed by atoms with van der Waals surface area (Å²) in [5, 5.41) is 18.6. The standard InChI is InChI=1S/C7H9ClFNO5/c8-2-5(11)10-4(7(14)15)1-3(9)6(12)13/h3-4H,1-2H2,(H,10,11)(H,12,13)(H,14,15)/t3?,4-/m0/s1. The van der Waals surface area contributed by atoms with Crippen molar-refractivity contribution in [3.63, 3.8) is 0 Å². The summed E-state index contributed by atoms with van der Waals surface area (Å²) in [4.78, 5) is 31.3. The van der Waals surface area contributed by atoms with Crippen LogP contribution in [0.1, 0.15) is 6.42 Å². The highest BCUT2D eigenvalue weighted by molar-refractivity contribution is 6.27. The molecule has 0 saturated heterocycles. The maximum Gasteiger partial charge on any atom is 0.338 e. The first-order chi connectivity index (χ1) is 6.88. The van der Waals surface area contributed by atoms with Gasteiger partial charge in [0.05, 0.1) is 0 Å². The van der Waals surface area contributed by atoms with Crippen LogP contribution in [0, 0.1) is 0 Å². The fourth-order valence-corrected chi connectivity index (χ4v) is 0.839. The number of rotatable bonds is 6. The summed E-state index contributed by atoms with van der Waals surface area (Å²) >= 11 is 5.08. The van der Waals surface area contributed by atoms with Gasteiger partial charge in [-0.15, -0.1) is 11.6 Å². The maximum absolute atomic E-state index is 12.6. The number of amides is 1. The van der Waals surface area contributed by atoms with Gasteiger partial charge in [-0.25, -0.2) is 14.0 Å². The van der Waals surface area contributed by atoms with Gasteiger partial charge in [0.2, 0.25) is 5.91 Å². The highest BCUT2D eigenvalue weighted by atomic mass is 35.5. The van der Waals surface area contributed by atoms with Gasteiger partial charge in [0.25, 0.3) is 0 Å². The molecule has 2 atom stereocenters. The van der Waals surface area contributed by atoms with Crippen LogP contribution >= 0.6 is 11.6 Å². The number of carboxylic acid groups (broad SMARTS) is 2. The minimum Gasteiger partial charge on any atom is -0.480 e. The van der Waals surface area contributed by atoms with Crippen molar-refractivity contribution in [2.24, 2.45) is 0 Å². The summed E-state index contributed by atoms with van der Waals surface area (Å²) in [5.74, 6) is -4.58. The van der Waals surface area contributed by atoms with Crippen molar-refractivity contribution in [3.8, 4) is 0 Å². The average molecular weight is 242 g/mol. The number of nitrogens with one attached hydrogen (secondary N) is 1. The van der Waals surface area contributed by atoms with E-state index in [0.29, 0.717) is 0 Å². The zero-order chi connectivity index (χ0) is 12.0. The Morgan fingerprint density at radius 3 is 2.13 bits per heavy atom. The Labute approximate surface area is 89.0 Å². The number of carbonyl (C=O) groups excluding carboxylic acids is 1. The second kappa shape index (κ2) is 6.18. The number of carbonyl (C=O) groups is 3. The van der Waals surface area contributed by atoms with Crippen molar-refractivity contribution in [3.05, 3.63) is 0 Å². The van der Waals surface area contributed by atoms with Gasteiger partial charge in [-0.05, 0) is 0 Å². The number of halogens is 2. The molecule has 0 saturated carbocycles. The highest BCUT2D eigenvalue weighted by Crippen LogP contribution is 2.03. The first-order valence-corrected chi connectivity index (χ1v) is 4.37. The molecule has 0 fully saturated rings. The molecule has 8 heteroatoms. The summed E-state index contributed by atoms with van der Waals surface area (Å²) < 4.78 is 12.6. The summed E-state index contributed by atoms with van der Waals surface area (Å²) in [6, 6.07) is -1.60. The first kappa shape index (κ1) is 13.6. The predicted octanol–water partition coefficient (Wildman–Crippen LogP) is -0.393. The van der Waals surface area contributed by atoms with Gasteiger partial charge >= 0.3 is 11.9 Å². The van der Waals surface area contributed by atoms with Crippen LogP contribution in [-0.2, 0) is 14.4 Å². The molecule has 0 aliphatic carbocycles. The molecule has 86 valence electrons. The topological polar surface area (TPSA) is 104 Å². The van der Waals surface area contributed by atoms with Gasteiger partial charge < -0.3 is 15.5 Å². The number of hydrogen-bond acceptors (Lipinski definition) is 3. The Balaban J connectivity index is 4.35. The van der Waals surface area contributed by atoms with Gasteiger partial charge in [-0.1, -0.05) is 0 Å². The van der Waals surface area contributed by atoms with Crippen LogP contribution in [-0.4, -0.2) is 46.2 Å². The summed E-state index contributed by atoms with van der Waals surface area (Å²) in [7, 11) is 0. The van der Waals surface area contributed by atoms with E-state index in [9.17, 15) is 18.8 Å². The molecule has 3 N–H and O–H groups in total. The van der Waals surface area contributed by atoms with E-state index < -0.39 is 42.4 Å². The molecule has 0 spiro atoms. The Morgan fingerprint density at radius 2 is 1.80 bits per heavy atom. The van der Waals surface area contributed by atoms with Gasteiger partial charge in [0.15, 0.2) is 6.17 Å². The normalized spacial score (nSPS) is 14.0. The lowest BCUT2D eigenvalue weighted by Gasteiger charge is -2.13. The molecule has 0 aromatic heterocycles. The number of aliphatic carboxylic acids is 2. The lowest BCUT2D eigenvalue weighted by molar-refractivity contribution is -0.146. The van der Waals surface area contributed by atoms with E-state index in [1.807, 2.05) is 5.32 Å². The van der Waals surface area contributed by atoms with Crippen LogP contribution in [0.25, 0.3) is 0 Å². The molecule has 0 aliphatic heterocycles. The van der Waals surface area contributed by atoms with Crippen LogP contribution in [0.4, 0.5) is 4.39 Å². The number of carboxylic acids is 2. The van der Waals surface area contributed by atoms with E-state index in [2.05, 4.69) is 0 Å². The monoisotopic (exact) mass is 241 g/mol. The lowest BCUT2D eigenvalue weighted by atomic mass is 10.1. The van der Waals surface area contributed by atoms with E-state index in [1.165, 1.54) is 0 Å². The van der Waals surface area contributed by atoms with E-state index in [4.69, 9.17) is 21.8 Å². The molecule has 15 heavy (non-hydrogen) atoms. The summed E-state index contributed by atoms with van der Waals surface area (Å²) in [6.45, 7) is 0. The van der Waals surface area contributed by atoms with E-state index in [0.717, 1.165) is 0 Å². The van der Waals surface area contributed by atoms with Crippen LogP contribution in [0.3, 0.4) is 0 Å². The third-order valence-electron chi connectivity index (χ3n) is 1.47. The minimum atomic E-state index is -2.35. The molecule has 0 aromatic rings. The van der Waals surface area contributed by atoms with Crippen molar-refractivity contribution in [1.29, 1.82) is 0 Å². The quantitative estimate of drug-likeness (QED) is 0.550. The molecule has 0 bridgehead atoms. The van der Waals surface area contributed by atoms with Crippen LogP contribution in [0.2, 0.25) is 0 Å². The van der Waals surface area contributed by atoms with Gasteiger partial charge in [-0.3, -0.25) is 4.79 Å². The maximum atomic E-state index is 12.6. The first-order valence-electron chi connectivity index (χ1n) is 3.83. The molecule has 0 aromatic carbocycles. The van der Waals surface area contributed by atoms with Gasteiger partial charge in [0, 0.05) is 6.42 Å². The second-order valence-corrected chi connectivity index (χ2v) is 2.90. The fraction of sp³-hybridized carbons (Fsp3) is 0.571. The summed E-state index contributed by atoms with van der Waals surface area (Å²) in [5.41, 5.74) is 0. The smallest absolute Gasteiger partial charge is 0.338 e. The van der Waals surface area contributed by atoms with Crippen LogP contribution < -0.4 is 5.32 Å². The third-order valence-corrected chi connectivity index (χ3v) is 1.71. The number of alkyl halides is 2. The van der Waals surface area contributed by atoms with Crippen molar-refractivity contribution < 1.29 is 29.0 Å². The fourth-order valence-electron chi connectivity index (χ4n) is 0.762. The SMILES string of the molecule is O=C(CCl)N[C@@H](CC(F)C(=O)O)C(=O)O. The minimum absolute atomic E-state index is 0.478. The molecule has 1 unspecified atom stereocenters. The molecule has 0 aliphatic rings. The van der Waals surface area contributed by atoms with Gasteiger partial charge in [0.1, 0.15) is 11.9 Å². The Hall–Kier alpha value is -1.37. The zero-order valence-electron chi connectivity index (χ0n) is 7.44. The molecule has 1 amide bonds. The molecular formula is C7H9ClFNO5. The lowest BCUT2D eigenvalue weighted by Crippen LogP contribution is -2.43. The Kier molecular flexibility index (Phi) is 5.61. The van der Waals surface area contributed by atoms with Crippen molar-refractivity contribution >= 4 is 29.4 Å². The molecule has 0 rings (SSSR count). The zero-order valence-corrected chi connectivity index (χ0v) is 8.20. The Morgan fingerprint density at radius 1 is 1.27 bits per heavy atom. The molecule has 0 radical (unpaired) electrons. The average Bonchev–Trinajstić information content (AvgIpc) is 2.15. The number of hydrogen-bond donors (Lipinski definition) is 3. The highest BCUT2D eigenvalue weighted by Gasteiger charge is 2.27. The molecular weight excluding hydrogens is 233 g/mol. The third kappa shape index (κ3) is 5.16. The van der Waals surface area contributed by atoms with E-state index in [-0.39, 0.29) is 0 Å². The van der Waals surface area contributed by atoms with Crippen molar-refractivity contribution in [1.82, 2.24) is 5.32 Å². The van der Waals surface area contributed by atoms with Crippen LogP contribution in [0.5, 0.6) is 0 Å². The van der Waals surface area contributed by atoms with E-state index >= 15 is 0 Å². The molecule has 0 heterocycles. The van der Waals surface area contributed by atoms with Gasteiger partial charge in [-0.2, -0.15) is 0 Å². The largest absolute Gasteiger partial charge is 0.480 e. The van der Waals surface area contributed by atoms with Crippen LogP contribution in [0.15, 0.2) is 0 Å². The molecule has 6 nitrogen and oxygen atoms in total. The van der Waals surface area contributed by atoms with E-state index in [1.54, 1.807) is 0 Å². The van der Waals surface area contributed by atoms with Crippen molar-refractivity contribution in [2.75, 3.05) is 5.88 Å². The van der Waals surface area contributed by atoms with Crippen molar-refractivity contribution in [2.45, 2.75) is 18.6 Å². The Bertz CT molecular complexity index is 272. The predicted molar refractivity (Wildman–Crippen MR) is 47.4 cm³/mol. The summed E-state index contributed by atoms with van der Waals surface area (Å²) in [6.07, 6.45) is -3.19.